The quantitative estimate of drug-likeness (QED) is 0.593. The average Bonchev–Trinajstić information content (AvgIpc) is 2.71. The zero-order valence-electron chi connectivity index (χ0n) is 15.7. The van der Waals surface area contributed by atoms with Gasteiger partial charge in [0.15, 0.2) is 0 Å². The van der Waals surface area contributed by atoms with Crippen LogP contribution in [0.3, 0.4) is 0 Å². The van der Waals surface area contributed by atoms with Crippen LogP contribution in [0.2, 0.25) is 5.02 Å². The molecule has 0 amide bonds. The summed E-state index contributed by atoms with van der Waals surface area (Å²) in [6, 6.07) is 28.1. The van der Waals surface area contributed by atoms with E-state index in [9.17, 15) is 0 Å². The van der Waals surface area contributed by atoms with Gasteiger partial charge in [-0.3, -0.25) is 9.80 Å². The number of hydrogen-bond acceptors (Lipinski definition) is 2. The molecule has 0 aromatic heterocycles. The molecule has 0 N–H and O–H groups in total. The second-order valence-corrected chi connectivity index (χ2v) is 7.73. The second kappa shape index (κ2) is 8.26. The highest BCUT2D eigenvalue weighted by molar-refractivity contribution is 6.33. The van der Waals surface area contributed by atoms with Crippen LogP contribution in [-0.2, 0) is 6.54 Å². The molecule has 0 saturated carbocycles. The maximum atomic E-state index is 6.60. The summed E-state index contributed by atoms with van der Waals surface area (Å²) in [7, 11) is 2.22. The summed E-state index contributed by atoms with van der Waals surface area (Å²) >= 11 is 6.60. The first-order valence-electron chi connectivity index (χ1n) is 9.52. The summed E-state index contributed by atoms with van der Waals surface area (Å²) in [4.78, 5) is 4.99. The van der Waals surface area contributed by atoms with Gasteiger partial charge in [0, 0.05) is 42.8 Å². The molecule has 1 aliphatic heterocycles. The molecule has 0 radical (unpaired) electrons. The molecule has 3 aromatic carbocycles. The number of rotatable bonds is 4. The minimum absolute atomic E-state index is 0.444. The molecular formula is C24H25ClN2. The Labute approximate surface area is 167 Å². The van der Waals surface area contributed by atoms with E-state index in [-0.39, 0.29) is 0 Å². The van der Waals surface area contributed by atoms with Gasteiger partial charge in [-0.2, -0.15) is 0 Å². The summed E-state index contributed by atoms with van der Waals surface area (Å²) in [6.45, 7) is 4.14. The van der Waals surface area contributed by atoms with Gasteiger partial charge >= 0.3 is 0 Å². The van der Waals surface area contributed by atoms with E-state index < -0.39 is 0 Å². The normalized spacial score (nSPS) is 18.5. The molecule has 1 heterocycles. The number of halogens is 1. The smallest absolute Gasteiger partial charge is 0.0487 e. The molecule has 0 bridgehead atoms. The van der Waals surface area contributed by atoms with Gasteiger partial charge in [-0.25, -0.2) is 0 Å². The van der Waals surface area contributed by atoms with E-state index in [1.807, 2.05) is 18.2 Å². The third-order valence-electron chi connectivity index (χ3n) is 5.44. The van der Waals surface area contributed by atoms with E-state index in [2.05, 4.69) is 77.5 Å². The predicted octanol–water partition coefficient (Wildman–Crippen LogP) is 5.50. The van der Waals surface area contributed by atoms with Gasteiger partial charge in [-0.15, -0.1) is 0 Å². The average molecular weight is 377 g/mol. The molecule has 1 saturated heterocycles. The topological polar surface area (TPSA) is 6.48 Å². The van der Waals surface area contributed by atoms with Crippen molar-refractivity contribution >= 4 is 11.6 Å². The van der Waals surface area contributed by atoms with Crippen LogP contribution in [0.25, 0.3) is 11.1 Å². The monoisotopic (exact) mass is 376 g/mol. The van der Waals surface area contributed by atoms with E-state index in [4.69, 9.17) is 11.6 Å². The highest BCUT2D eigenvalue weighted by Gasteiger charge is 2.25. The number of likely N-dealkylation sites (N-methyl/N-ethyl adjacent to an activating group) is 1. The minimum atomic E-state index is 0.444. The lowest BCUT2D eigenvalue weighted by Crippen LogP contribution is -2.46. The molecule has 4 rings (SSSR count). The lowest BCUT2D eigenvalue weighted by molar-refractivity contribution is 0.0905. The molecule has 1 fully saturated rings. The number of nitrogens with zero attached hydrogens (tertiary/aromatic N) is 2. The van der Waals surface area contributed by atoms with Gasteiger partial charge in [0.2, 0.25) is 0 Å². The van der Waals surface area contributed by atoms with Gasteiger partial charge in [-0.1, -0.05) is 84.4 Å². The predicted molar refractivity (Wildman–Crippen MR) is 114 cm³/mol. The molecule has 1 atom stereocenters. The molecule has 1 unspecified atom stereocenters. The van der Waals surface area contributed by atoms with Crippen molar-refractivity contribution in [2.45, 2.75) is 12.6 Å². The van der Waals surface area contributed by atoms with Crippen molar-refractivity contribution in [2.75, 3.05) is 26.7 Å². The van der Waals surface area contributed by atoms with Gasteiger partial charge in [-0.05, 0) is 29.8 Å². The largest absolute Gasteiger partial charge is 0.297 e. The van der Waals surface area contributed by atoms with Crippen molar-refractivity contribution in [1.82, 2.24) is 9.80 Å². The number of piperazine rings is 1. The van der Waals surface area contributed by atoms with Crippen LogP contribution < -0.4 is 0 Å². The van der Waals surface area contributed by atoms with Crippen LogP contribution in [0.4, 0.5) is 0 Å². The third-order valence-corrected chi connectivity index (χ3v) is 5.75. The zero-order chi connectivity index (χ0) is 18.6. The van der Waals surface area contributed by atoms with Crippen LogP contribution >= 0.6 is 11.6 Å². The standard InChI is InChI=1S/C24H25ClN2/c1-26-14-15-27(18-24(26)21-10-6-3-7-11-21)17-19-12-13-22(23(25)16-19)20-8-4-2-5-9-20/h2-13,16,24H,14-15,17-18H2,1H3. The van der Waals surface area contributed by atoms with Crippen LogP contribution in [0.15, 0.2) is 78.9 Å². The first kappa shape index (κ1) is 18.2. The molecule has 2 nitrogen and oxygen atoms in total. The van der Waals surface area contributed by atoms with E-state index >= 15 is 0 Å². The first-order valence-corrected chi connectivity index (χ1v) is 9.90. The van der Waals surface area contributed by atoms with Crippen LogP contribution in [0.5, 0.6) is 0 Å². The second-order valence-electron chi connectivity index (χ2n) is 7.32. The van der Waals surface area contributed by atoms with Crippen molar-refractivity contribution in [3.05, 3.63) is 95.0 Å². The van der Waals surface area contributed by atoms with Crippen molar-refractivity contribution < 1.29 is 0 Å². The van der Waals surface area contributed by atoms with E-state index in [0.29, 0.717) is 6.04 Å². The van der Waals surface area contributed by atoms with E-state index in [1.165, 1.54) is 11.1 Å². The van der Waals surface area contributed by atoms with Crippen molar-refractivity contribution in [2.24, 2.45) is 0 Å². The van der Waals surface area contributed by atoms with E-state index in [0.717, 1.165) is 42.3 Å². The van der Waals surface area contributed by atoms with Crippen molar-refractivity contribution in [3.63, 3.8) is 0 Å². The minimum Gasteiger partial charge on any atom is -0.297 e. The van der Waals surface area contributed by atoms with Crippen LogP contribution in [-0.4, -0.2) is 36.5 Å². The fourth-order valence-electron chi connectivity index (χ4n) is 3.88. The molecule has 0 aliphatic carbocycles. The summed E-state index contributed by atoms with van der Waals surface area (Å²) in [5, 5.41) is 0.826. The van der Waals surface area contributed by atoms with Gasteiger partial charge in [0.05, 0.1) is 0 Å². The molecule has 27 heavy (non-hydrogen) atoms. The van der Waals surface area contributed by atoms with Gasteiger partial charge < -0.3 is 0 Å². The Balaban J connectivity index is 1.48. The summed E-state index contributed by atoms with van der Waals surface area (Å²) in [5.74, 6) is 0. The molecule has 3 heteroatoms. The Morgan fingerprint density at radius 1 is 0.889 bits per heavy atom. The van der Waals surface area contributed by atoms with Crippen molar-refractivity contribution in [1.29, 1.82) is 0 Å². The highest BCUT2D eigenvalue weighted by atomic mass is 35.5. The third kappa shape index (κ3) is 4.24. The maximum absolute atomic E-state index is 6.60. The maximum Gasteiger partial charge on any atom is 0.0487 e. The first-order chi connectivity index (χ1) is 13.2. The molecule has 3 aromatic rings. The SMILES string of the molecule is CN1CCN(Cc2ccc(-c3ccccc3)c(Cl)c2)CC1c1ccccc1. The lowest BCUT2D eigenvalue weighted by atomic mass is 10.0. The van der Waals surface area contributed by atoms with Crippen molar-refractivity contribution in [3.8, 4) is 11.1 Å². The molecule has 1 aliphatic rings. The lowest BCUT2D eigenvalue weighted by Gasteiger charge is -2.39. The fraction of sp³-hybridized carbons (Fsp3) is 0.250. The Bertz CT molecular complexity index is 879. The van der Waals surface area contributed by atoms with Gasteiger partial charge in [0.25, 0.3) is 0 Å². The molecule has 0 spiro atoms. The highest BCUT2D eigenvalue weighted by Crippen LogP contribution is 2.30. The number of hydrogen-bond donors (Lipinski definition) is 0. The summed E-state index contributed by atoms with van der Waals surface area (Å²) in [6.07, 6.45) is 0. The summed E-state index contributed by atoms with van der Waals surface area (Å²) < 4.78 is 0. The number of benzene rings is 3. The van der Waals surface area contributed by atoms with Crippen LogP contribution in [0, 0.1) is 0 Å². The van der Waals surface area contributed by atoms with Crippen LogP contribution in [0.1, 0.15) is 17.2 Å². The molecular weight excluding hydrogens is 352 g/mol. The Hall–Kier alpha value is -2.13. The Morgan fingerprint density at radius 3 is 2.30 bits per heavy atom. The molecule has 138 valence electrons. The van der Waals surface area contributed by atoms with E-state index in [1.54, 1.807) is 0 Å². The van der Waals surface area contributed by atoms with Gasteiger partial charge in [0.1, 0.15) is 0 Å². The fourth-order valence-corrected chi connectivity index (χ4v) is 4.19. The Kier molecular flexibility index (Phi) is 5.58. The zero-order valence-corrected chi connectivity index (χ0v) is 16.4. The Morgan fingerprint density at radius 2 is 1.59 bits per heavy atom. The summed E-state index contributed by atoms with van der Waals surface area (Å²) in [5.41, 5.74) is 4.93.